The van der Waals surface area contributed by atoms with Gasteiger partial charge in [-0.1, -0.05) is 11.2 Å². The number of rotatable bonds is 2. The van der Waals surface area contributed by atoms with Crippen molar-refractivity contribution in [1.29, 1.82) is 0 Å². The molecule has 1 amide bonds. The van der Waals surface area contributed by atoms with Crippen LogP contribution in [0.15, 0.2) is 27.5 Å². The number of carbonyl (C=O) groups excluding carboxylic acids is 1. The lowest BCUT2D eigenvalue weighted by molar-refractivity contribution is 0.101. The number of anilines is 1. The van der Waals surface area contributed by atoms with E-state index >= 15 is 0 Å². The molecule has 0 saturated heterocycles. The average molecular weight is 233 g/mol. The molecule has 0 aliphatic carbocycles. The molecular weight excluding hydrogens is 222 g/mol. The summed E-state index contributed by atoms with van der Waals surface area (Å²) in [5, 5.41) is 6.26. The van der Waals surface area contributed by atoms with Crippen molar-refractivity contribution in [3.8, 4) is 0 Å². The van der Waals surface area contributed by atoms with Crippen LogP contribution in [0.4, 0.5) is 5.88 Å². The van der Waals surface area contributed by atoms with Crippen LogP contribution in [0.3, 0.4) is 0 Å². The van der Waals surface area contributed by atoms with E-state index in [1.165, 1.54) is 18.2 Å². The fourth-order valence-electron chi connectivity index (χ4n) is 1.28. The van der Waals surface area contributed by atoms with Crippen LogP contribution < -0.4 is 10.9 Å². The van der Waals surface area contributed by atoms with Crippen molar-refractivity contribution in [3.05, 3.63) is 45.5 Å². The molecule has 2 heterocycles. The number of H-pyrrole nitrogens is 1. The van der Waals surface area contributed by atoms with Crippen LogP contribution in [-0.4, -0.2) is 16.0 Å². The Hall–Kier alpha value is -2.37. The molecule has 0 aliphatic rings. The number of aryl methyl sites for hydroxylation is 1. The summed E-state index contributed by atoms with van der Waals surface area (Å²) in [5.41, 5.74) is 1.31. The van der Waals surface area contributed by atoms with Crippen LogP contribution in [0.1, 0.15) is 21.7 Å². The van der Waals surface area contributed by atoms with Crippen molar-refractivity contribution >= 4 is 11.8 Å². The van der Waals surface area contributed by atoms with Gasteiger partial charge in [-0.3, -0.25) is 14.9 Å². The maximum Gasteiger partial charge on any atom is 0.274 e. The lowest BCUT2D eigenvalue weighted by atomic mass is 10.3. The number of amides is 1. The van der Waals surface area contributed by atoms with E-state index in [1.54, 1.807) is 13.8 Å². The third-order valence-corrected chi connectivity index (χ3v) is 2.40. The summed E-state index contributed by atoms with van der Waals surface area (Å²) in [7, 11) is 0. The normalized spacial score (nSPS) is 10.2. The predicted molar refractivity (Wildman–Crippen MR) is 61.0 cm³/mol. The zero-order valence-corrected chi connectivity index (χ0v) is 9.40. The number of aromatic nitrogens is 2. The SMILES string of the molecule is Cc1noc(NC(=O)c2cccc(=O)[nH]2)c1C. The van der Waals surface area contributed by atoms with Crippen molar-refractivity contribution in [2.45, 2.75) is 13.8 Å². The van der Waals surface area contributed by atoms with Crippen molar-refractivity contribution in [1.82, 2.24) is 10.1 Å². The summed E-state index contributed by atoms with van der Waals surface area (Å²) in [6, 6.07) is 4.35. The maximum atomic E-state index is 11.8. The number of hydrogen-bond acceptors (Lipinski definition) is 4. The van der Waals surface area contributed by atoms with Gasteiger partial charge in [-0.05, 0) is 19.9 Å². The van der Waals surface area contributed by atoms with E-state index in [0.717, 1.165) is 5.56 Å². The molecule has 6 heteroatoms. The Balaban J connectivity index is 2.23. The first-order chi connectivity index (χ1) is 8.08. The van der Waals surface area contributed by atoms with Gasteiger partial charge in [-0.15, -0.1) is 0 Å². The standard InChI is InChI=1S/C11H11N3O3/c1-6-7(2)14-17-11(6)13-10(16)8-4-3-5-9(15)12-8/h3-5H,1-2H3,(H,12,15)(H,13,16). The molecule has 2 rings (SSSR count). The summed E-state index contributed by atoms with van der Waals surface area (Å²) in [6.07, 6.45) is 0. The number of aromatic amines is 1. The summed E-state index contributed by atoms with van der Waals surface area (Å²) in [4.78, 5) is 25.2. The summed E-state index contributed by atoms with van der Waals surface area (Å²) < 4.78 is 4.94. The number of nitrogens with one attached hydrogen (secondary N) is 2. The second-order valence-electron chi connectivity index (χ2n) is 3.60. The topological polar surface area (TPSA) is 88.0 Å². The van der Waals surface area contributed by atoms with Crippen LogP contribution in [-0.2, 0) is 0 Å². The molecule has 0 aliphatic heterocycles. The van der Waals surface area contributed by atoms with Gasteiger partial charge in [0.1, 0.15) is 5.69 Å². The number of nitrogens with zero attached hydrogens (tertiary/aromatic N) is 1. The highest BCUT2D eigenvalue weighted by Crippen LogP contribution is 2.17. The second-order valence-corrected chi connectivity index (χ2v) is 3.60. The van der Waals surface area contributed by atoms with Gasteiger partial charge in [-0.25, -0.2) is 0 Å². The number of carbonyl (C=O) groups is 1. The Morgan fingerprint density at radius 3 is 2.76 bits per heavy atom. The first kappa shape index (κ1) is 11.1. The quantitative estimate of drug-likeness (QED) is 0.816. The summed E-state index contributed by atoms with van der Waals surface area (Å²) in [5.74, 6) is -0.154. The van der Waals surface area contributed by atoms with Crippen molar-refractivity contribution < 1.29 is 9.32 Å². The monoisotopic (exact) mass is 233 g/mol. The molecule has 88 valence electrons. The van der Waals surface area contributed by atoms with Gasteiger partial charge in [0.15, 0.2) is 0 Å². The highest BCUT2D eigenvalue weighted by atomic mass is 16.5. The highest BCUT2D eigenvalue weighted by Gasteiger charge is 2.13. The lowest BCUT2D eigenvalue weighted by Gasteiger charge is -2.01. The molecule has 2 N–H and O–H groups in total. The van der Waals surface area contributed by atoms with Crippen molar-refractivity contribution in [3.63, 3.8) is 0 Å². The minimum atomic E-state index is -0.443. The molecule has 6 nitrogen and oxygen atoms in total. The zero-order chi connectivity index (χ0) is 12.4. The summed E-state index contributed by atoms with van der Waals surface area (Å²) in [6.45, 7) is 3.56. The fraction of sp³-hybridized carbons (Fsp3) is 0.182. The number of hydrogen-bond donors (Lipinski definition) is 2. The minimum Gasteiger partial charge on any atom is -0.338 e. The van der Waals surface area contributed by atoms with Crippen molar-refractivity contribution in [2.24, 2.45) is 0 Å². The van der Waals surface area contributed by atoms with Gasteiger partial charge in [0.05, 0.1) is 5.69 Å². The molecule has 17 heavy (non-hydrogen) atoms. The summed E-state index contributed by atoms with van der Waals surface area (Å²) >= 11 is 0. The fourth-order valence-corrected chi connectivity index (χ4v) is 1.28. The average Bonchev–Trinajstić information content (AvgIpc) is 2.61. The van der Waals surface area contributed by atoms with E-state index in [0.29, 0.717) is 5.69 Å². The molecule has 0 unspecified atom stereocenters. The largest absolute Gasteiger partial charge is 0.338 e. The molecule has 0 radical (unpaired) electrons. The van der Waals surface area contributed by atoms with Crippen LogP contribution in [0.25, 0.3) is 0 Å². The highest BCUT2D eigenvalue weighted by molar-refractivity contribution is 6.02. The first-order valence-corrected chi connectivity index (χ1v) is 5.01. The Labute approximate surface area is 96.6 Å². The molecule has 0 saturated carbocycles. The van der Waals surface area contributed by atoms with Crippen LogP contribution in [0.5, 0.6) is 0 Å². The lowest BCUT2D eigenvalue weighted by Crippen LogP contribution is -2.17. The maximum absolute atomic E-state index is 11.8. The molecule has 0 fully saturated rings. The Kier molecular flexibility index (Phi) is 2.78. The number of pyridine rings is 1. The van der Waals surface area contributed by atoms with Crippen molar-refractivity contribution in [2.75, 3.05) is 5.32 Å². The van der Waals surface area contributed by atoms with E-state index in [1.807, 2.05) is 0 Å². The molecule has 2 aromatic rings. The predicted octanol–water partition coefficient (Wildman–Crippen LogP) is 1.23. The Morgan fingerprint density at radius 1 is 1.41 bits per heavy atom. The molecule has 2 aromatic heterocycles. The van der Waals surface area contributed by atoms with Crippen LogP contribution in [0, 0.1) is 13.8 Å². The van der Waals surface area contributed by atoms with Gasteiger partial charge >= 0.3 is 0 Å². The first-order valence-electron chi connectivity index (χ1n) is 5.01. The molecular formula is C11H11N3O3. The molecule has 0 atom stereocenters. The smallest absolute Gasteiger partial charge is 0.274 e. The zero-order valence-electron chi connectivity index (χ0n) is 9.40. The van der Waals surface area contributed by atoms with E-state index < -0.39 is 5.91 Å². The Bertz CT molecular complexity index is 612. The molecule has 0 spiro atoms. The molecule has 0 aromatic carbocycles. The molecule has 0 bridgehead atoms. The Morgan fingerprint density at radius 2 is 2.18 bits per heavy atom. The van der Waals surface area contributed by atoms with Gasteiger partial charge in [0.2, 0.25) is 11.4 Å². The second kappa shape index (κ2) is 4.25. The van der Waals surface area contributed by atoms with Crippen LogP contribution in [0.2, 0.25) is 0 Å². The van der Waals surface area contributed by atoms with E-state index in [9.17, 15) is 9.59 Å². The van der Waals surface area contributed by atoms with E-state index in [-0.39, 0.29) is 17.1 Å². The van der Waals surface area contributed by atoms with Gasteiger partial charge in [0, 0.05) is 11.6 Å². The van der Waals surface area contributed by atoms with Crippen LogP contribution >= 0.6 is 0 Å². The minimum absolute atomic E-state index is 0.172. The van der Waals surface area contributed by atoms with Gasteiger partial charge < -0.3 is 9.51 Å². The van der Waals surface area contributed by atoms with Gasteiger partial charge in [0.25, 0.3) is 5.91 Å². The third kappa shape index (κ3) is 2.25. The van der Waals surface area contributed by atoms with E-state index in [2.05, 4.69) is 15.5 Å². The van der Waals surface area contributed by atoms with Gasteiger partial charge in [-0.2, -0.15) is 0 Å². The third-order valence-electron chi connectivity index (χ3n) is 2.40. The van der Waals surface area contributed by atoms with E-state index in [4.69, 9.17) is 4.52 Å².